The summed E-state index contributed by atoms with van der Waals surface area (Å²) in [6.07, 6.45) is 0. The Kier molecular flexibility index (Phi) is 6.97. The van der Waals surface area contributed by atoms with Crippen LogP contribution in [0.15, 0.2) is 65.6 Å². The molecule has 34 heavy (non-hydrogen) atoms. The van der Waals surface area contributed by atoms with Crippen molar-refractivity contribution in [3.8, 4) is 0 Å². The number of sulfonamides is 1. The molecule has 0 saturated carbocycles. The van der Waals surface area contributed by atoms with Gasteiger partial charge in [0.25, 0.3) is 27.5 Å². The van der Waals surface area contributed by atoms with Gasteiger partial charge >= 0.3 is 0 Å². The lowest BCUT2D eigenvalue weighted by molar-refractivity contribution is -0.385. The van der Waals surface area contributed by atoms with Gasteiger partial charge in [-0.25, -0.2) is 8.42 Å². The fourth-order valence-electron chi connectivity index (χ4n) is 3.14. The van der Waals surface area contributed by atoms with Crippen molar-refractivity contribution < 1.29 is 22.9 Å². The fraction of sp³-hybridized carbons (Fsp3) is 0.130. The van der Waals surface area contributed by atoms with Crippen molar-refractivity contribution in [3.63, 3.8) is 0 Å². The van der Waals surface area contributed by atoms with Crippen molar-refractivity contribution >= 4 is 38.9 Å². The number of hydrogen-bond donors (Lipinski definition) is 3. The Balaban J connectivity index is 1.74. The van der Waals surface area contributed by atoms with E-state index >= 15 is 0 Å². The van der Waals surface area contributed by atoms with Crippen LogP contribution in [0.2, 0.25) is 0 Å². The third-order valence-electron chi connectivity index (χ3n) is 5.05. The average Bonchev–Trinajstić information content (AvgIpc) is 2.80. The molecule has 0 aliphatic rings. The number of aryl methyl sites for hydroxylation is 2. The molecule has 0 aliphatic carbocycles. The van der Waals surface area contributed by atoms with E-state index < -0.39 is 20.9 Å². The van der Waals surface area contributed by atoms with Crippen LogP contribution >= 0.6 is 0 Å². The second-order valence-electron chi connectivity index (χ2n) is 7.45. The number of carbonyl (C=O) groups is 2. The second-order valence-corrected chi connectivity index (χ2v) is 9.13. The van der Waals surface area contributed by atoms with Crippen LogP contribution in [0.3, 0.4) is 0 Å². The molecule has 0 atom stereocenters. The minimum absolute atomic E-state index is 0.186. The van der Waals surface area contributed by atoms with Gasteiger partial charge in [-0.05, 0) is 67.9 Å². The standard InChI is InChI=1S/C23H22N4O6S/c1-14-4-10-19(13-21(14)27(30)31)34(32,33)26-18-8-5-16(6-9-18)23(29)25-20-11-7-17(12-15(20)2)22(28)24-3/h4-13,26H,1-3H3,(H,24,28)(H,25,29). The molecule has 10 nitrogen and oxygen atoms in total. The number of anilines is 2. The van der Waals surface area contributed by atoms with E-state index in [1.807, 2.05) is 0 Å². The van der Waals surface area contributed by atoms with Gasteiger partial charge < -0.3 is 10.6 Å². The third kappa shape index (κ3) is 5.38. The predicted octanol–water partition coefficient (Wildman–Crippen LogP) is 3.62. The number of nitro benzene ring substituents is 1. The molecule has 0 saturated heterocycles. The SMILES string of the molecule is CNC(=O)c1ccc(NC(=O)c2ccc(NS(=O)(=O)c3ccc(C)c([N+](=O)[O-])c3)cc2)c(C)c1. The number of hydrogen-bond acceptors (Lipinski definition) is 6. The smallest absolute Gasteiger partial charge is 0.273 e. The van der Waals surface area contributed by atoms with Gasteiger partial charge in [0, 0.05) is 41.2 Å². The Morgan fingerprint density at radius 2 is 1.50 bits per heavy atom. The first-order chi connectivity index (χ1) is 16.0. The summed E-state index contributed by atoms with van der Waals surface area (Å²) in [7, 11) is -2.54. The molecule has 0 bridgehead atoms. The van der Waals surface area contributed by atoms with Crippen LogP contribution in [0.1, 0.15) is 31.8 Å². The predicted molar refractivity (Wildman–Crippen MR) is 128 cm³/mol. The van der Waals surface area contributed by atoms with Gasteiger partial charge in [0.1, 0.15) is 0 Å². The summed E-state index contributed by atoms with van der Waals surface area (Å²) in [4.78, 5) is 34.5. The highest BCUT2D eigenvalue weighted by Crippen LogP contribution is 2.24. The van der Waals surface area contributed by atoms with Crippen LogP contribution in [-0.2, 0) is 10.0 Å². The van der Waals surface area contributed by atoms with Crippen molar-refractivity contribution in [2.75, 3.05) is 17.1 Å². The quantitative estimate of drug-likeness (QED) is 0.346. The molecule has 0 heterocycles. The highest BCUT2D eigenvalue weighted by atomic mass is 32.2. The second kappa shape index (κ2) is 9.71. The molecule has 3 aromatic rings. The van der Waals surface area contributed by atoms with Crippen LogP contribution < -0.4 is 15.4 Å². The Hall–Kier alpha value is -4.25. The minimum Gasteiger partial charge on any atom is -0.355 e. The van der Waals surface area contributed by atoms with Crippen LogP contribution in [0.4, 0.5) is 17.1 Å². The van der Waals surface area contributed by atoms with Crippen LogP contribution in [0.25, 0.3) is 0 Å². The maximum atomic E-state index is 12.6. The van der Waals surface area contributed by atoms with E-state index in [2.05, 4.69) is 15.4 Å². The van der Waals surface area contributed by atoms with Crippen LogP contribution in [-0.4, -0.2) is 32.2 Å². The van der Waals surface area contributed by atoms with Crippen molar-refractivity contribution in [3.05, 3.63) is 93.0 Å². The molecule has 176 valence electrons. The Labute approximate surface area is 196 Å². The van der Waals surface area contributed by atoms with E-state index in [0.717, 1.165) is 6.07 Å². The van der Waals surface area contributed by atoms with Gasteiger partial charge in [-0.15, -0.1) is 0 Å². The topological polar surface area (TPSA) is 148 Å². The normalized spacial score (nSPS) is 10.9. The first kappa shape index (κ1) is 24.4. The molecule has 2 amide bonds. The molecule has 3 N–H and O–H groups in total. The number of carbonyl (C=O) groups excluding carboxylic acids is 2. The molecular formula is C23H22N4O6S. The van der Waals surface area contributed by atoms with Crippen molar-refractivity contribution in [2.24, 2.45) is 0 Å². The van der Waals surface area contributed by atoms with Crippen LogP contribution in [0.5, 0.6) is 0 Å². The first-order valence-corrected chi connectivity index (χ1v) is 11.5. The van der Waals surface area contributed by atoms with E-state index in [0.29, 0.717) is 22.4 Å². The van der Waals surface area contributed by atoms with E-state index in [1.165, 1.54) is 50.4 Å². The molecule has 0 spiro atoms. The highest BCUT2D eigenvalue weighted by Gasteiger charge is 2.20. The van der Waals surface area contributed by atoms with E-state index in [1.54, 1.807) is 25.1 Å². The monoisotopic (exact) mass is 482 g/mol. The van der Waals surface area contributed by atoms with E-state index in [-0.39, 0.29) is 27.7 Å². The van der Waals surface area contributed by atoms with Crippen molar-refractivity contribution in [2.45, 2.75) is 18.7 Å². The van der Waals surface area contributed by atoms with Gasteiger partial charge in [-0.1, -0.05) is 6.07 Å². The van der Waals surface area contributed by atoms with Gasteiger partial charge in [-0.2, -0.15) is 0 Å². The summed E-state index contributed by atoms with van der Waals surface area (Å²) >= 11 is 0. The van der Waals surface area contributed by atoms with E-state index in [4.69, 9.17) is 0 Å². The minimum atomic E-state index is -4.07. The zero-order valence-electron chi connectivity index (χ0n) is 18.6. The zero-order chi connectivity index (χ0) is 25.0. The van der Waals surface area contributed by atoms with Gasteiger partial charge in [0.15, 0.2) is 0 Å². The summed E-state index contributed by atoms with van der Waals surface area (Å²) in [5, 5.41) is 16.4. The molecule has 3 rings (SSSR count). The molecular weight excluding hydrogens is 460 g/mol. The molecule has 0 aromatic heterocycles. The molecule has 0 radical (unpaired) electrons. The molecule has 11 heteroatoms. The molecule has 3 aromatic carbocycles. The Morgan fingerprint density at radius 3 is 2.09 bits per heavy atom. The van der Waals surface area contributed by atoms with Gasteiger partial charge in [0.05, 0.1) is 9.82 Å². The number of benzene rings is 3. The van der Waals surface area contributed by atoms with E-state index in [9.17, 15) is 28.1 Å². The molecule has 0 fully saturated rings. The summed E-state index contributed by atoms with van der Waals surface area (Å²) in [6, 6.07) is 14.2. The molecule has 0 aliphatic heterocycles. The van der Waals surface area contributed by atoms with Gasteiger partial charge in [-0.3, -0.25) is 24.4 Å². The lowest BCUT2D eigenvalue weighted by Gasteiger charge is -2.11. The maximum absolute atomic E-state index is 12.6. The van der Waals surface area contributed by atoms with Crippen molar-refractivity contribution in [1.82, 2.24) is 5.32 Å². The average molecular weight is 483 g/mol. The van der Waals surface area contributed by atoms with Gasteiger partial charge in [0.2, 0.25) is 0 Å². The summed E-state index contributed by atoms with van der Waals surface area (Å²) < 4.78 is 27.6. The number of rotatable bonds is 7. The fourth-order valence-corrected chi connectivity index (χ4v) is 4.22. The Morgan fingerprint density at radius 1 is 0.853 bits per heavy atom. The number of nitrogens with one attached hydrogen (secondary N) is 3. The lowest BCUT2D eigenvalue weighted by Crippen LogP contribution is -2.18. The van der Waals surface area contributed by atoms with Crippen LogP contribution in [0, 0.1) is 24.0 Å². The third-order valence-corrected chi connectivity index (χ3v) is 6.43. The largest absolute Gasteiger partial charge is 0.355 e. The highest BCUT2D eigenvalue weighted by molar-refractivity contribution is 7.92. The number of nitro groups is 1. The van der Waals surface area contributed by atoms with Crippen molar-refractivity contribution in [1.29, 1.82) is 0 Å². The summed E-state index contributed by atoms with van der Waals surface area (Å²) in [5.74, 6) is -0.654. The summed E-state index contributed by atoms with van der Waals surface area (Å²) in [6.45, 7) is 3.28. The first-order valence-electron chi connectivity index (χ1n) is 10.0. The number of amides is 2. The number of nitrogens with zero attached hydrogens (tertiary/aromatic N) is 1. The molecule has 0 unspecified atom stereocenters. The maximum Gasteiger partial charge on any atom is 0.273 e. The Bertz CT molecular complexity index is 1390. The summed E-state index contributed by atoms with van der Waals surface area (Å²) in [5.41, 5.74) is 2.21. The zero-order valence-corrected chi connectivity index (χ0v) is 19.4. The lowest BCUT2D eigenvalue weighted by atomic mass is 10.1.